The highest BCUT2D eigenvalue weighted by atomic mass is 16.5. The highest BCUT2D eigenvalue weighted by Crippen LogP contribution is 2.37. The first kappa shape index (κ1) is 12.5. The summed E-state index contributed by atoms with van der Waals surface area (Å²) in [6.45, 7) is 4.47. The number of hydrogen-bond acceptors (Lipinski definition) is 3. The van der Waals surface area contributed by atoms with Crippen molar-refractivity contribution in [1.29, 1.82) is 0 Å². The number of amides is 2. The first-order valence-corrected chi connectivity index (χ1v) is 5.90. The van der Waals surface area contributed by atoms with Gasteiger partial charge in [0, 0.05) is 18.7 Å². The standard InChI is InChI=1S/C13H18N2O3/c1-8(2)15-10-6-12(18-4)11(17-3)5-9(10)7-14-13(15)16/h5-6,8H,7H2,1-4H3,(H,14,16). The number of urea groups is 1. The molecule has 0 aliphatic carbocycles. The number of nitrogens with one attached hydrogen (secondary N) is 1. The van der Waals surface area contributed by atoms with Crippen molar-refractivity contribution in [2.45, 2.75) is 26.4 Å². The van der Waals surface area contributed by atoms with Crippen LogP contribution in [0, 0.1) is 0 Å². The molecule has 0 unspecified atom stereocenters. The van der Waals surface area contributed by atoms with Gasteiger partial charge >= 0.3 is 6.03 Å². The zero-order valence-electron chi connectivity index (χ0n) is 11.1. The number of fused-ring (bicyclic) bond motifs is 1. The molecular weight excluding hydrogens is 232 g/mol. The molecule has 0 atom stereocenters. The highest BCUT2D eigenvalue weighted by molar-refractivity contribution is 5.95. The number of ether oxygens (including phenoxy) is 2. The van der Waals surface area contributed by atoms with Crippen LogP contribution in [-0.4, -0.2) is 26.3 Å². The van der Waals surface area contributed by atoms with Gasteiger partial charge in [-0.15, -0.1) is 0 Å². The van der Waals surface area contributed by atoms with Crippen molar-refractivity contribution in [3.63, 3.8) is 0 Å². The van der Waals surface area contributed by atoms with Gasteiger partial charge in [0.25, 0.3) is 0 Å². The summed E-state index contributed by atoms with van der Waals surface area (Å²) in [6, 6.07) is 3.77. The van der Waals surface area contributed by atoms with Crippen LogP contribution in [0.4, 0.5) is 10.5 Å². The largest absolute Gasteiger partial charge is 0.493 e. The Morgan fingerprint density at radius 3 is 2.39 bits per heavy atom. The number of carbonyl (C=O) groups excluding carboxylic acids is 1. The second-order valence-corrected chi connectivity index (χ2v) is 4.46. The predicted octanol–water partition coefficient (Wildman–Crippen LogP) is 2.14. The molecule has 0 saturated carbocycles. The molecule has 0 fully saturated rings. The SMILES string of the molecule is COc1cc2c(cc1OC)N(C(C)C)C(=O)NC2. The van der Waals surface area contributed by atoms with Gasteiger partial charge < -0.3 is 14.8 Å². The maximum Gasteiger partial charge on any atom is 0.322 e. The first-order chi connectivity index (χ1) is 8.58. The van der Waals surface area contributed by atoms with Crippen molar-refractivity contribution < 1.29 is 14.3 Å². The van der Waals surface area contributed by atoms with Gasteiger partial charge in [0.05, 0.1) is 19.9 Å². The number of carbonyl (C=O) groups is 1. The van der Waals surface area contributed by atoms with Crippen molar-refractivity contribution in [3.8, 4) is 11.5 Å². The van der Waals surface area contributed by atoms with Gasteiger partial charge in [-0.1, -0.05) is 0 Å². The third-order valence-corrected chi connectivity index (χ3v) is 3.01. The summed E-state index contributed by atoms with van der Waals surface area (Å²) < 4.78 is 10.6. The van der Waals surface area contributed by atoms with E-state index in [4.69, 9.17) is 9.47 Å². The van der Waals surface area contributed by atoms with Crippen molar-refractivity contribution >= 4 is 11.7 Å². The lowest BCUT2D eigenvalue weighted by Gasteiger charge is -2.33. The van der Waals surface area contributed by atoms with Gasteiger partial charge in [-0.2, -0.15) is 0 Å². The minimum Gasteiger partial charge on any atom is -0.493 e. The number of methoxy groups -OCH3 is 2. The molecule has 1 aromatic carbocycles. The molecule has 1 aliphatic rings. The fourth-order valence-corrected chi connectivity index (χ4v) is 2.15. The third kappa shape index (κ3) is 1.96. The van der Waals surface area contributed by atoms with E-state index in [0.717, 1.165) is 11.3 Å². The summed E-state index contributed by atoms with van der Waals surface area (Å²) in [5.74, 6) is 1.31. The number of hydrogen-bond donors (Lipinski definition) is 1. The minimum absolute atomic E-state index is 0.0790. The molecule has 1 aliphatic heterocycles. The van der Waals surface area contributed by atoms with Crippen molar-refractivity contribution in [2.75, 3.05) is 19.1 Å². The van der Waals surface area contributed by atoms with Gasteiger partial charge in [0.1, 0.15) is 0 Å². The van der Waals surface area contributed by atoms with Gasteiger partial charge in [-0.05, 0) is 25.5 Å². The average Bonchev–Trinajstić information content (AvgIpc) is 2.36. The van der Waals surface area contributed by atoms with E-state index >= 15 is 0 Å². The van der Waals surface area contributed by atoms with Crippen LogP contribution in [0.25, 0.3) is 0 Å². The Kier molecular flexibility index (Phi) is 3.32. The summed E-state index contributed by atoms with van der Waals surface area (Å²) in [4.78, 5) is 13.6. The lowest BCUT2D eigenvalue weighted by Crippen LogP contribution is -2.47. The van der Waals surface area contributed by atoms with E-state index in [1.165, 1.54) is 0 Å². The van der Waals surface area contributed by atoms with Crippen molar-refractivity contribution in [3.05, 3.63) is 17.7 Å². The Balaban J connectivity index is 2.54. The van der Waals surface area contributed by atoms with Crippen LogP contribution in [0.1, 0.15) is 19.4 Å². The van der Waals surface area contributed by atoms with Crippen LogP contribution in [0.5, 0.6) is 11.5 Å². The van der Waals surface area contributed by atoms with Crippen LogP contribution < -0.4 is 19.7 Å². The van der Waals surface area contributed by atoms with Crippen LogP contribution in [0.2, 0.25) is 0 Å². The van der Waals surface area contributed by atoms with Gasteiger partial charge in [0.2, 0.25) is 0 Å². The van der Waals surface area contributed by atoms with E-state index in [0.29, 0.717) is 18.0 Å². The normalized spacial score (nSPS) is 14.3. The Morgan fingerprint density at radius 2 is 1.83 bits per heavy atom. The second kappa shape index (κ2) is 4.76. The van der Waals surface area contributed by atoms with E-state index < -0.39 is 0 Å². The maximum absolute atomic E-state index is 11.9. The molecule has 0 aromatic heterocycles. The first-order valence-electron chi connectivity index (χ1n) is 5.90. The van der Waals surface area contributed by atoms with Crippen molar-refractivity contribution in [1.82, 2.24) is 5.32 Å². The summed E-state index contributed by atoms with van der Waals surface area (Å²) in [7, 11) is 3.19. The minimum atomic E-state index is -0.0790. The van der Waals surface area contributed by atoms with E-state index in [1.807, 2.05) is 26.0 Å². The van der Waals surface area contributed by atoms with E-state index in [-0.39, 0.29) is 12.1 Å². The van der Waals surface area contributed by atoms with Crippen LogP contribution in [-0.2, 0) is 6.54 Å². The highest BCUT2D eigenvalue weighted by Gasteiger charge is 2.27. The third-order valence-electron chi connectivity index (χ3n) is 3.01. The molecule has 18 heavy (non-hydrogen) atoms. The quantitative estimate of drug-likeness (QED) is 0.894. The van der Waals surface area contributed by atoms with Crippen LogP contribution in [0.15, 0.2) is 12.1 Å². The molecule has 98 valence electrons. The van der Waals surface area contributed by atoms with Crippen molar-refractivity contribution in [2.24, 2.45) is 0 Å². The zero-order chi connectivity index (χ0) is 13.3. The number of rotatable bonds is 3. The van der Waals surface area contributed by atoms with E-state index in [2.05, 4.69) is 5.32 Å². The lowest BCUT2D eigenvalue weighted by molar-refractivity contribution is 0.243. The zero-order valence-corrected chi connectivity index (χ0v) is 11.1. The number of nitrogens with zero attached hydrogens (tertiary/aromatic N) is 1. The fraction of sp³-hybridized carbons (Fsp3) is 0.462. The molecule has 0 saturated heterocycles. The Hall–Kier alpha value is -1.91. The topological polar surface area (TPSA) is 50.8 Å². The Morgan fingerprint density at radius 1 is 1.22 bits per heavy atom. The monoisotopic (exact) mass is 250 g/mol. The molecular formula is C13H18N2O3. The van der Waals surface area contributed by atoms with Gasteiger partial charge in [0.15, 0.2) is 11.5 Å². The number of benzene rings is 1. The molecule has 0 bridgehead atoms. The molecule has 1 N–H and O–H groups in total. The van der Waals surface area contributed by atoms with Crippen LogP contribution >= 0.6 is 0 Å². The average molecular weight is 250 g/mol. The van der Waals surface area contributed by atoms with Crippen LogP contribution in [0.3, 0.4) is 0 Å². The smallest absolute Gasteiger partial charge is 0.322 e. The Bertz CT molecular complexity index is 472. The van der Waals surface area contributed by atoms with Gasteiger partial charge in [-0.3, -0.25) is 4.90 Å². The molecule has 1 heterocycles. The van der Waals surface area contributed by atoms with Gasteiger partial charge in [-0.25, -0.2) is 4.79 Å². The maximum atomic E-state index is 11.9. The lowest BCUT2D eigenvalue weighted by atomic mass is 10.1. The van der Waals surface area contributed by atoms with E-state index in [1.54, 1.807) is 19.1 Å². The Labute approximate surface area is 107 Å². The molecule has 5 heteroatoms. The molecule has 2 amide bonds. The summed E-state index contributed by atoms with van der Waals surface area (Å²) in [6.07, 6.45) is 0. The van der Waals surface area contributed by atoms with E-state index in [9.17, 15) is 4.79 Å². The number of anilines is 1. The molecule has 1 aromatic rings. The summed E-state index contributed by atoms with van der Waals surface area (Å²) in [5.41, 5.74) is 1.91. The summed E-state index contributed by atoms with van der Waals surface area (Å²) >= 11 is 0. The molecule has 5 nitrogen and oxygen atoms in total. The molecule has 0 radical (unpaired) electrons. The molecule has 0 spiro atoms. The predicted molar refractivity (Wildman–Crippen MR) is 69.4 cm³/mol. The fourth-order valence-electron chi connectivity index (χ4n) is 2.15. The summed E-state index contributed by atoms with van der Waals surface area (Å²) in [5, 5.41) is 2.85. The second-order valence-electron chi connectivity index (χ2n) is 4.46. The molecule has 2 rings (SSSR count).